The lowest BCUT2D eigenvalue weighted by Gasteiger charge is -2.27. The van der Waals surface area contributed by atoms with E-state index in [-0.39, 0.29) is 5.88 Å². The molecule has 3 aromatic rings. The maximum absolute atomic E-state index is 9.73. The molecule has 0 amide bonds. The first-order valence-corrected chi connectivity index (χ1v) is 8.87. The highest BCUT2D eigenvalue weighted by Gasteiger charge is 2.33. The summed E-state index contributed by atoms with van der Waals surface area (Å²) in [6.07, 6.45) is 1.59. The van der Waals surface area contributed by atoms with Crippen LogP contribution in [0.1, 0.15) is 17.0 Å². The van der Waals surface area contributed by atoms with Crippen molar-refractivity contribution in [3.8, 4) is 23.3 Å². The van der Waals surface area contributed by atoms with Gasteiger partial charge in [-0.3, -0.25) is 0 Å². The molecule has 1 aliphatic rings. The summed E-state index contributed by atoms with van der Waals surface area (Å²) >= 11 is 3.51. The Morgan fingerprint density at radius 3 is 2.70 bits per heavy atom. The predicted molar refractivity (Wildman–Crippen MR) is 103 cm³/mol. The van der Waals surface area contributed by atoms with E-state index in [1.165, 1.54) is 0 Å². The molecule has 1 atom stereocenters. The van der Waals surface area contributed by atoms with Crippen LogP contribution in [0.2, 0.25) is 0 Å². The van der Waals surface area contributed by atoms with Crippen molar-refractivity contribution in [1.29, 1.82) is 5.26 Å². The van der Waals surface area contributed by atoms with Crippen LogP contribution in [0, 0.1) is 11.3 Å². The number of hydrogen-bond donors (Lipinski definition) is 1. The molecule has 0 spiro atoms. The average Bonchev–Trinajstić information content (AvgIpc) is 3.15. The Bertz CT molecular complexity index is 1130. The SMILES string of the molecule is COc1cc(C2C(C#N)=C(N)Oc3c2ccc2occc32)cc(Br)c1OC. The number of allylic oxidation sites excluding steroid dienone is 1. The van der Waals surface area contributed by atoms with Gasteiger partial charge in [0, 0.05) is 5.56 Å². The molecule has 0 radical (unpaired) electrons. The summed E-state index contributed by atoms with van der Waals surface area (Å²) in [5.74, 6) is 1.39. The second-order valence-electron chi connectivity index (χ2n) is 5.98. The van der Waals surface area contributed by atoms with Crippen molar-refractivity contribution >= 4 is 26.9 Å². The number of nitrogens with zero attached hydrogens (tertiary/aromatic N) is 1. The molecule has 6 nitrogen and oxygen atoms in total. The summed E-state index contributed by atoms with van der Waals surface area (Å²) < 4.78 is 22.8. The normalized spacial score (nSPS) is 15.9. The molecule has 0 saturated heterocycles. The standard InChI is InChI=1S/C20H15BrN2O4/c1-24-16-8-10(7-14(21)19(16)25-2)17-12-3-4-15-11(5-6-26-15)18(12)27-20(23)13(17)9-22/h3-8,17H,23H2,1-2H3. The highest BCUT2D eigenvalue weighted by atomic mass is 79.9. The third kappa shape index (κ3) is 2.61. The van der Waals surface area contributed by atoms with E-state index in [2.05, 4.69) is 22.0 Å². The molecule has 2 heterocycles. The van der Waals surface area contributed by atoms with Crippen LogP contribution in [0.25, 0.3) is 11.0 Å². The lowest BCUT2D eigenvalue weighted by molar-refractivity contribution is 0.352. The van der Waals surface area contributed by atoms with Gasteiger partial charge in [-0.2, -0.15) is 5.26 Å². The minimum Gasteiger partial charge on any atom is -0.493 e. The number of nitriles is 1. The van der Waals surface area contributed by atoms with Gasteiger partial charge in [-0.05, 0) is 45.8 Å². The molecule has 1 aromatic heterocycles. The summed E-state index contributed by atoms with van der Waals surface area (Å²) in [4.78, 5) is 0. The van der Waals surface area contributed by atoms with Crippen LogP contribution in [0.15, 0.2) is 56.9 Å². The molecule has 0 fully saturated rings. The quantitative estimate of drug-likeness (QED) is 0.665. The molecule has 0 aliphatic carbocycles. The van der Waals surface area contributed by atoms with Crippen LogP contribution in [0.3, 0.4) is 0 Å². The molecule has 4 rings (SSSR count). The summed E-state index contributed by atoms with van der Waals surface area (Å²) in [5.41, 5.74) is 8.77. The summed E-state index contributed by atoms with van der Waals surface area (Å²) in [5, 5.41) is 10.5. The molecule has 27 heavy (non-hydrogen) atoms. The number of furan rings is 1. The number of ether oxygens (including phenoxy) is 3. The summed E-state index contributed by atoms with van der Waals surface area (Å²) in [6.45, 7) is 0. The second-order valence-corrected chi connectivity index (χ2v) is 6.83. The van der Waals surface area contributed by atoms with Gasteiger partial charge in [-0.1, -0.05) is 6.07 Å². The van der Waals surface area contributed by atoms with Crippen LogP contribution in [0.5, 0.6) is 17.2 Å². The zero-order chi connectivity index (χ0) is 19.1. The smallest absolute Gasteiger partial charge is 0.205 e. The summed E-state index contributed by atoms with van der Waals surface area (Å²) in [7, 11) is 3.14. The van der Waals surface area contributed by atoms with Crippen LogP contribution < -0.4 is 19.9 Å². The van der Waals surface area contributed by atoms with E-state index in [0.717, 1.165) is 16.5 Å². The molecule has 0 bridgehead atoms. The van der Waals surface area contributed by atoms with E-state index >= 15 is 0 Å². The summed E-state index contributed by atoms with van der Waals surface area (Å²) in [6, 6.07) is 11.5. The molecule has 7 heteroatoms. The van der Waals surface area contributed by atoms with E-state index in [1.54, 1.807) is 20.5 Å². The first kappa shape index (κ1) is 17.3. The van der Waals surface area contributed by atoms with Crippen molar-refractivity contribution in [1.82, 2.24) is 0 Å². The van der Waals surface area contributed by atoms with Gasteiger partial charge in [0.25, 0.3) is 0 Å². The van der Waals surface area contributed by atoms with Crippen LogP contribution in [0.4, 0.5) is 0 Å². The van der Waals surface area contributed by atoms with Crippen molar-refractivity contribution in [2.75, 3.05) is 14.2 Å². The molecule has 0 saturated carbocycles. The lowest BCUT2D eigenvalue weighted by atomic mass is 9.83. The second kappa shape index (κ2) is 6.56. The zero-order valence-corrected chi connectivity index (χ0v) is 16.2. The number of halogens is 1. The van der Waals surface area contributed by atoms with Gasteiger partial charge >= 0.3 is 0 Å². The molecule has 2 N–H and O–H groups in total. The maximum atomic E-state index is 9.73. The van der Waals surface area contributed by atoms with Crippen LogP contribution in [-0.2, 0) is 0 Å². The fraction of sp³-hybridized carbons (Fsp3) is 0.150. The fourth-order valence-corrected chi connectivity index (χ4v) is 4.03. The number of benzene rings is 2. The minimum atomic E-state index is -0.408. The van der Waals surface area contributed by atoms with Gasteiger partial charge in [-0.15, -0.1) is 0 Å². The van der Waals surface area contributed by atoms with Gasteiger partial charge in [0.15, 0.2) is 11.5 Å². The fourth-order valence-electron chi connectivity index (χ4n) is 3.41. The predicted octanol–water partition coefficient (Wildman–Crippen LogP) is 4.43. The highest BCUT2D eigenvalue weighted by Crippen LogP contribution is 2.48. The third-order valence-corrected chi connectivity index (χ3v) is 5.19. The lowest BCUT2D eigenvalue weighted by Crippen LogP contribution is -2.21. The Morgan fingerprint density at radius 2 is 2.00 bits per heavy atom. The molecular formula is C20H15BrN2O4. The van der Waals surface area contributed by atoms with Crippen molar-refractivity contribution in [2.24, 2.45) is 5.73 Å². The molecule has 136 valence electrons. The topological polar surface area (TPSA) is 90.6 Å². The van der Waals surface area contributed by atoms with Crippen molar-refractivity contribution in [3.63, 3.8) is 0 Å². The van der Waals surface area contributed by atoms with E-state index < -0.39 is 5.92 Å². The Morgan fingerprint density at radius 1 is 1.19 bits per heavy atom. The van der Waals surface area contributed by atoms with Crippen molar-refractivity contribution in [2.45, 2.75) is 5.92 Å². The number of rotatable bonds is 3. The Balaban J connectivity index is 1.99. The first-order chi connectivity index (χ1) is 13.1. The molecule has 2 aromatic carbocycles. The number of methoxy groups -OCH3 is 2. The maximum Gasteiger partial charge on any atom is 0.205 e. The number of hydrogen-bond acceptors (Lipinski definition) is 6. The molecule has 1 unspecified atom stereocenters. The van der Waals surface area contributed by atoms with E-state index in [4.69, 9.17) is 24.4 Å². The minimum absolute atomic E-state index is 0.0783. The highest BCUT2D eigenvalue weighted by molar-refractivity contribution is 9.10. The van der Waals surface area contributed by atoms with E-state index in [0.29, 0.717) is 32.9 Å². The van der Waals surface area contributed by atoms with Gasteiger partial charge in [0.2, 0.25) is 5.88 Å². The first-order valence-electron chi connectivity index (χ1n) is 8.08. The molecular weight excluding hydrogens is 412 g/mol. The average molecular weight is 427 g/mol. The third-order valence-electron chi connectivity index (χ3n) is 4.60. The van der Waals surface area contributed by atoms with Crippen LogP contribution in [-0.4, -0.2) is 14.2 Å². The zero-order valence-electron chi connectivity index (χ0n) is 14.6. The molecule has 1 aliphatic heterocycles. The Kier molecular flexibility index (Phi) is 4.21. The van der Waals surface area contributed by atoms with Crippen molar-refractivity contribution in [3.05, 3.63) is 63.7 Å². The van der Waals surface area contributed by atoms with E-state index in [1.807, 2.05) is 30.3 Å². The Hall–Kier alpha value is -3.11. The number of fused-ring (bicyclic) bond motifs is 3. The van der Waals surface area contributed by atoms with Gasteiger partial charge in [0.1, 0.15) is 23.0 Å². The van der Waals surface area contributed by atoms with Gasteiger partial charge in [0.05, 0.1) is 36.3 Å². The van der Waals surface area contributed by atoms with Crippen LogP contribution >= 0.6 is 15.9 Å². The van der Waals surface area contributed by atoms with Gasteiger partial charge < -0.3 is 24.4 Å². The number of nitrogens with two attached hydrogens (primary N) is 1. The Labute approximate surface area is 163 Å². The van der Waals surface area contributed by atoms with E-state index in [9.17, 15) is 5.26 Å². The monoisotopic (exact) mass is 426 g/mol. The van der Waals surface area contributed by atoms with Crippen molar-refractivity contribution < 1.29 is 18.6 Å². The largest absolute Gasteiger partial charge is 0.493 e. The van der Waals surface area contributed by atoms with Gasteiger partial charge in [-0.25, -0.2) is 0 Å².